The van der Waals surface area contributed by atoms with Crippen LogP contribution in [0.1, 0.15) is 0 Å². The summed E-state index contributed by atoms with van der Waals surface area (Å²) >= 11 is 0. The molecule has 0 aliphatic carbocycles. The first-order valence-corrected chi connectivity index (χ1v) is 2.07. The third-order valence-electron chi connectivity index (χ3n) is 0.726. The molecular weight excluding hydrogens is 110 g/mol. The summed E-state index contributed by atoms with van der Waals surface area (Å²) in [6.45, 7) is 0.335. The van der Waals surface area contributed by atoms with Gasteiger partial charge in [-0.15, -0.1) is 0 Å². The molecular formula is C3H5N3O2. The molecule has 1 aliphatic heterocycles. The number of nitrogens with one attached hydrogen (secondary N) is 2. The van der Waals surface area contributed by atoms with Crippen molar-refractivity contribution in [3.8, 4) is 0 Å². The smallest absolute Gasteiger partial charge is 0.372 e. The van der Waals surface area contributed by atoms with Gasteiger partial charge >= 0.3 is 5.97 Å². The summed E-state index contributed by atoms with van der Waals surface area (Å²) in [7, 11) is 0. The second-order valence-corrected chi connectivity index (χ2v) is 1.27. The number of rotatable bonds is 1. The number of amidine groups is 1. The molecule has 0 spiro atoms. The minimum absolute atomic E-state index is 0.0231. The Morgan fingerprint density at radius 3 is 2.88 bits per heavy atom. The van der Waals surface area contributed by atoms with Crippen molar-refractivity contribution in [1.82, 2.24) is 10.9 Å². The molecule has 0 amide bonds. The lowest BCUT2D eigenvalue weighted by atomic mass is 10.6. The van der Waals surface area contributed by atoms with Gasteiger partial charge in [0.15, 0.2) is 0 Å². The summed E-state index contributed by atoms with van der Waals surface area (Å²) in [6.07, 6.45) is 0. The summed E-state index contributed by atoms with van der Waals surface area (Å²) in [5, 5.41) is 8.18. The van der Waals surface area contributed by atoms with E-state index in [-0.39, 0.29) is 5.84 Å². The molecule has 0 saturated carbocycles. The van der Waals surface area contributed by atoms with Gasteiger partial charge in [-0.1, -0.05) is 0 Å². The Balaban J connectivity index is 2.57. The van der Waals surface area contributed by atoms with Gasteiger partial charge < -0.3 is 5.11 Å². The Bertz CT molecular complexity index is 141. The van der Waals surface area contributed by atoms with Crippen LogP contribution in [0, 0.1) is 0 Å². The van der Waals surface area contributed by atoms with Gasteiger partial charge in [0.1, 0.15) is 6.67 Å². The first kappa shape index (κ1) is 5.04. The first-order valence-electron chi connectivity index (χ1n) is 2.07. The lowest BCUT2D eigenvalue weighted by Crippen LogP contribution is -2.34. The highest BCUT2D eigenvalue weighted by molar-refractivity contribution is 6.34. The highest BCUT2D eigenvalue weighted by Crippen LogP contribution is 1.77. The predicted molar refractivity (Wildman–Crippen MR) is 26.2 cm³/mol. The lowest BCUT2D eigenvalue weighted by Gasteiger charge is -1.90. The van der Waals surface area contributed by atoms with Crippen molar-refractivity contribution in [3.63, 3.8) is 0 Å². The number of hydrogen-bond donors (Lipinski definition) is 3. The molecule has 0 saturated heterocycles. The van der Waals surface area contributed by atoms with Crippen molar-refractivity contribution in [2.45, 2.75) is 0 Å². The Morgan fingerprint density at radius 1 is 1.88 bits per heavy atom. The zero-order valence-electron chi connectivity index (χ0n) is 4.01. The van der Waals surface area contributed by atoms with Crippen LogP contribution >= 0.6 is 0 Å². The minimum Gasteiger partial charge on any atom is -0.475 e. The summed E-state index contributed by atoms with van der Waals surface area (Å²) in [6, 6.07) is 0. The van der Waals surface area contributed by atoms with Gasteiger partial charge in [-0.2, -0.15) is 0 Å². The number of carboxylic acids is 1. The minimum atomic E-state index is -1.03. The van der Waals surface area contributed by atoms with Crippen LogP contribution in [0.2, 0.25) is 0 Å². The summed E-state index contributed by atoms with van der Waals surface area (Å²) in [5.74, 6) is -1.06. The molecule has 0 fully saturated rings. The Labute approximate surface area is 45.4 Å². The van der Waals surface area contributed by atoms with Crippen molar-refractivity contribution in [2.75, 3.05) is 6.67 Å². The lowest BCUT2D eigenvalue weighted by molar-refractivity contribution is -0.129. The van der Waals surface area contributed by atoms with Gasteiger partial charge in [-0.3, -0.25) is 5.43 Å². The van der Waals surface area contributed by atoms with Gasteiger partial charge in [-0.25, -0.2) is 15.2 Å². The molecule has 0 unspecified atom stereocenters. The van der Waals surface area contributed by atoms with E-state index in [1.165, 1.54) is 0 Å². The highest BCUT2D eigenvalue weighted by atomic mass is 16.4. The van der Waals surface area contributed by atoms with E-state index in [9.17, 15) is 4.79 Å². The number of hydrazine groups is 1. The molecule has 0 radical (unpaired) electrons. The summed E-state index contributed by atoms with van der Waals surface area (Å²) in [4.78, 5) is 13.5. The normalized spacial score (nSPS) is 17.2. The molecule has 0 aromatic rings. The fourth-order valence-corrected chi connectivity index (χ4v) is 0.402. The molecule has 1 heterocycles. The molecule has 3 N–H and O–H groups in total. The van der Waals surface area contributed by atoms with Crippen LogP contribution in [0.4, 0.5) is 0 Å². The standard InChI is InChI=1S/C3H5N3O2/c7-3(8)2-4-1-5-6-2/h5H,1H2,(H,4,6)(H,7,8). The van der Waals surface area contributed by atoms with E-state index >= 15 is 0 Å². The first-order chi connectivity index (χ1) is 3.80. The third kappa shape index (κ3) is 0.760. The Hall–Kier alpha value is -1.10. The van der Waals surface area contributed by atoms with Crippen LogP contribution < -0.4 is 10.9 Å². The average Bonchev–Trinajstić information content (AvgIpc) is 2.12. The highest BCUT2D eigenvalue weighted by Gasteiger charge is 2.10. The van der Waals surface area contributed by atoms with Crippen molar-refractivity contribution >= 4 is 11.8 Å². The zero-order valence-corrected chi connectivity index (χ0v) is 4.01. The van der Waals surface area contributed by atoms with Crippen molar-refractivity contribution in [3.05, 3.63) is 0 Å². The fraction of sp³-hybridized carbons (Fsp3) is 0.333. The monoisotopic (exact) mass is 115 g/mol. The summed E-state index contributed by atoms with van der Waals surface area (Å²) in [5.41, 5.74) is 4.88. The van der Waals surface area contributed by atoms with Gasteiger partial charge in [-0.05, 0) is 0 Å². The van der Waals surface area contributed by atoms with Crippen LogP contribution in [0.5, 0.6) is 0 Å². The average molecular weight is 115 g/mol. The van der Waals surface area contributed by atoms with E-state index in [1.54, 1.807) is 0 Å². The molecule has 8 heavy (non-hydrogen) atoms. The third-order valence-corrected chi connectivity index (χ3v) is 0.726. The molecule has 0 aromatic heterocycles. The molecule has 0 atom stereocenters. The number of aliphatic carboxylic acids is 1. The van der Waals surface area contributed by atoms with Gasteiger partial charge in [0.2, 0.25) is 5.84 Å². The maximum Gasteiger partial charge on any atom is 0.372 e. The maximum atomic E-state index is 9.97. The topological polar surface area (TPSA) is 73.7 Å². The van der Waals surface area contributed by atoms with Gasteiger partial charge in [0.25, 0.3) is 0 Å². The van der Waals surface area contributed by atoms with Crippen molar-refractivity contribution < 1.29 is 9.90 Å². The summed E-state index contributed by atoms with van der Waals surface area (Å²) < 4.78 is 0. The van der Waals surface area contributed by atoms with Crippen LogP contribution in [-0.4, -0.2) is 23.6 Å². The number of carbonyl (C=O) groups is 1. The van der Waals surface area contributed by atoms with Crippen molar-refractivity contribution in [2.24, 2.45) is 4.99 Å². The molecule has 1 aliphatic rings. The number of aliphatic imine (C=N–C) groups is 1. The van der Waals surface area contributed by atoms with Gasteiger partial charge in [0.05, 0.1) is 0 Å². The van der Waals surface area contributed by atoms with Crippen LogP contribution in [0.25, 0.3) is 0 Å². The van der Waals surface area contributed by atoms with Crippen LogP contribution in [0.15, 0.2) is 4.99 Å². The van der Waals surface area contributed by atoms with E-state index in [2.05, 4.69) is 15.8 Å². The molecule has 0 bridgehead atoms. The van der Waals surface area contributed by atoms with Crippen LogP contribution in [-0.2, 0) is 4.79 Å². The van der Waals surface area contributed by atoms with E-state index in [4.69, 9.17) is 5.11 Å². The number of carboxylic acid groups (broad SMARTS) is 1. The quantitative estimate of drug-likeness (QED) is 0.390. The molecule has 5 heteroatoms. The maximum absolute atomic E-state index is 9.97. The van der Waals surface area contributed by atoms with E-state index in [1.807, 2.05) is 0 Å². The fourth-order valence-electron chi connectivity index (χ4n) is 0.402. The molecule has 1 rings (SSSR count). The second kappa shape index (κ2) is 1.79. The molecule has 5 nitrogen and oxygen atoms in total. The Kier molecular flexibility index (Phi) is 1.13. The van der Waals surface area contributed by atoms with Crippen molar-refractivity contribution in [1.29, 1.82) is 0 Å². The Morgan fingerprint density at radius 2 is 2.62 bits per heavy atom. The largest absolute Gasteiger partial charge is 0.475 e. The number of nitrogens with zero attached hydrogens (tertiary/aromatic N) is 1. The molecule has 44 valence electrons. The van der Waals surface area contributed by atoms with E-state index < -0.39 is 5.97 Å². The predicted octanol–water partition coefficient (Wildman–Crippen LogP) is -1.47. The number of hydrogen-bond acceptors (Lipinski definition) is 4. The van der Waals surface area contributed by atoms with E-state index in [0.29, 0.717) is 6.67 Å². The zero-order chi connectivity index (χ0) is 5.98. The van der Waals surface area contributed by atoms with Gasteiger partial charge in [0, 0.05) is 0 Å². The SMILES string of the molecule is O=C(O)C1=NCNN1. The second-order valence-electron chi connectivity index (χ2n) is 1.27. The van der Waals surface area contributed by atoms with Crippen LogP contribution in [0.3, 0.4) is 0 Å². The molecule has 0 aromatic carbocycles. The van der Waals surface area contributed by atoms with E-state index in [0.717, 1.165) is 0 Å².